The third-order valence-corrected chi connectivity index (χ3v) is 4.41. The molecular formula is C19H21N5O. The summed E-state index contributed by atoms with van der Waals surface area (Å²) in [5.41, 5.74) is 2.14. The van der Waals surface area contributed by atoms with E-state index in [1.807, 2.05) is 35.0 Å². The third-order valence-electron chi connectivity index (χ3n) is 4.41. The first-order chi connectivity index (χ1) is 12.4. The molecule has 1 aromatic carbocycles. The zero-order valence-corrected chi connectivity index (χ0v) is 14.0. The fourth-order valence-corrected chi connectivity index (χ4v) is 3.05. The fraction of sp³-hybridized carbons (Fsp3) is 0.316. The Hall–Kier alpha value is -2.73. The van der Waals surface area contributed by atoms with E-state index >= 15 is 0 Å². The monoisotopic (exact) mass is 335 g/mol. The molecule has 1 aliphatic rings. The van der Waals surface area contributed by atoms with Crippen LogP contribution >= 0.6 is 0 Å². The Kier molecular flexibility index (Phi) is 4.70. The summed E-state index contributed by atoms with van der Waals surface area (Å²) in [6, 6.07) is 14.5. The molecule has 0 saturated carbocycles. The number of benzene rings is 1. The molecule has 128 valence electrons. The van der Waals surface area contributed by atoms with Crippen LogP contribution < -0.4 is 10.1 Å². The zero-order chi connectivity index (χ0) is 16.9. The number of rotatable bonds is 6. The smallest absolute Gasteiger partial charge is 0.138 e. The molecule has 1 atom stereocenters. The molecule has 4 rings (SSSR count). The van der Waals surface area contributed by atoms with Crippen LogP contribution in [0.5, 0.6) is 5.75 Å². The quantitative estimate of drug-likeness (QED) is 0.749. The van der Waals surface area contributed by atoms with Gasteiger partial charge in [-0.1, -0.05) is 18.2 Å². The second-order valence-electron chi connectivity index (χ2n) is 6.23. The maximum atomic E-state index is 5.85. The maximum absolute atomic E-state index is 5.85. The number of fused-ring (bicyclic) bond motifs is 1. The van der Waals surface area contributed by atoms with Crippen LogP contribution in [0.3, 0.4) is 0 Å². The van der Waals surface area contributed by atoms with Gasteiger partial charge in [-0.05, 0) is 36.2 Å². The Morgan fingerprint density at radius 2 is 2.16 bits per heavy atom. The first-order valence-electron chi connectivity index (χ1n) is 8.58. The Bertz CT molecular complexity index is 817. The average molecular weight is 335 g/mol. The molecule has 3 aromatic rings. The molecule has 0 bridgehead atoms. The first-order valence-corrected chi connectivity index (χ1v) is 8.58. The first kappa shape index (κ1) is 15.8. The van der Waals surface area contributed by atoms with Crippen LogP contribution in [0.2, 0.25) is 0 Å². The maximum Gasteiger partial charge on any atom is 0.138 e. The second kappa shape index (κ2) is 7.44. The van der Waals surface area contributed by atoms with Crippen molar-refractivity contribution in [3.8, 4) is 5.75 Å². The molecule has 0 amide bonds. The van der Waals surface area contributed by atoms with E-state index in [9.17, 15) is 0 Å². The molecule has 6 nitrogen and oxygen atoms in total. The number of aryl methyl sites for hydroxylation is 1. The predicted octanol–water partition coefficient (Wildman–Crippen LogP) is 2.36. The standard InChI is InChI=1S/C19H21N5O/c1-2-9-20-17(5-1)13-25-18-6-3-4-15(10-18)11-21-16-7-8-19-22-14-23-24(19)12-16/h1-6,9-10,14,16,21H,7-8,11-13H2/t16-/m0/s1. The number of pyridine rings is 1. The Morgan fingerprint density at radius 3 is 3.08 bits per heavy atom. The summed E-state index contributed by atoms with van der Waals surface area (Å²) >= 11 is 0. The van der Waals surface area contributed by atoms with Gasteiger partial charge >= 0.3 is 0 Å². The summed E-state index contributed by atoms with van der Waals surface area (Å²) < 4.78 is 7.84. The normalized spacial score (nSPS) is 16.4. The van der Waals surface area contributed by atoms with Gasteiger partial charge in [-0.3, -0.25) is 4.98 Å². The van der Waals surface area contributed by atoms with Crippen molar-refractivity contribution in [2.45, 2.75) is 38.6 Å². The lowest BCUT2D eigenvalue weighted by Crippen LogP contribution is -2.37. The van der Waals surface area contributed by atoms with E-state index in [1.54, 1.807) is 12.5 Å². The minimum atomic E-state index is 0.423. The highest BCUT2D eigenvalue weighted by Crippen LogP contribution is 2.16. The SMILES string of the molecule is c1ccc(COc2cccc(CN[C@H]3CCc4ncnn4C3)c2)nc1. The number of hydrogen-bond donors (Lipinski definition) is 1. The highest BCUT2D eigenvalue weighted by atomic mass is 16.5. The summed E-state index contributed by atoms with van der Waals surface area (Å²) in [6.07, 6.45) is 5.49. The number of nitrogens with one attached hydrogen (secondary N) is 1. The van der Waals surface area contributed by atoms with Gasteiger partial charge in [-0.25, -0.2) is 9.67 Å². The average Bonchev–Trinajstić information content (AvgIpc) is 3.14. The molecular weight excluding hydrogens is 314 g/mol. The number of aromatic nitrogens is 4. The molecule has 3 heterocycles. The number of hydrogen-bond acceptors (Lipinski definition) is 5. The van der Waals surface area contributed by atoms with Crippen molar-refractivity contribution in [1.82, 2.24) is 25.1 Å². The van der Waals surface area contributed by atoms with Crippen LogP contribution in [0.4, 0.5) is 0 Å². The minimum absolute atomic E-state index is 0.423. The van der Waals surface area contributed by atoms with Crippen LogP contribution in [-0.2, 0) is 26.1 Å². The van der Waals surface area contributed by atoms with Gasteiger partial charge < -0.3 is 10.1 Å². The summed E-state index contributed by atoms with van der Waals surface area (Å²) in [7, 11) is 0. The molecule has 0 saturated heterocycles. The molecule has 2 aromatic heterocycles. The Labute approximate surface area is 146 Å². The van der Waals surface area contributed by atoms with Crippen LogP contribution in [-0.4, -0.2) is 25.8 Å². The van der Waals surface area contributed by atoms with Crippen molar-refractivity contribution >= 4 is 0 Å². The molecule has 1 N–H and O–H groups in total. The van der Waals surface area contributed by atoms with Crippen molar-refractivity contribution in [1.29, 1.82) is 0 Å². The van der Waals surface area contributed by atoms with Gasteiger partial charge in [0.1, 0.15) is 24.5 Å². The summed E-state index contributed by atoms with van der Waals surface area (Å²) in [5, 5.41) is 7.88. The van der Waals surface area contributed by atoms with Crippen molar-refractivity contribution in [3.63, 3.8) is 0 Å². The Morgan fingerprint density at radius 1 is 1.16 bits per heavy atom. The highest BCUT2D eigenvalue weighted by molar-refractivity contribution is 5.28. The zero-order valence-electron chi connectivity index (χ0n) is 14.0. The summed E-state index contributed by atoms with van der Waals surface area (Å²) in [5.74, 6) is 1.95. The molecule has 6 heteroatoms. The van der Waals surface area contributed by atoms with Gasteiger partial charge in [-0.15, -0.1) is 0 Å². The largest absolute Gasteiger partial charge is 0.487 e. The third kappa shape index (κ3) is 4.03. The van der Waals surface area contributed by atoms with Crippen LogP contribution in [0.1, 0.15) is 23.5 Å². The molecule has 0 unspecified atom stereocenters. The highest BCUT2D eigenvalue weighted by Gasteiger charge is 2.19. The van der Waals surface area contributed by atoms with Crippen LogP contribution in [0, 0.1) is 0 Å². The van der Waals surface area contributed by atoms with E-state index in [0.717, 1.165) is 43.2 Å². The van der Waals surface area contributed by atoms with Crippen molar-refractivity contribution < 1.29 is 4.74 Å². The van der Waals surface area contributed by atoms with E-state index in [2.05, 4.69) is 32.5 Å². The van der Waals surface area contributed by atoms with E-state index in [-0.39, 0.29) is 0 Å². The molecule has 1 aliphatic heterocycles. The van der Waals surface area contributed by atoms with E-state index < -0.39 is 0 Å². The van der Waals surface area contributed by atoms with Crippen LogP contribution in [0.25, 0.3) is 0 Å². The second-order valence-corrected chi connectivity index (χ2v) is 6.23. The lowest BCUT2D eigenvalue weighted by atomic mass is 10.1. The van der Waals surface area contributed by atoms with Gasteiger partial charge in [-0.2, -0.15) is 5.10 Å². The van der Waals surface area contributed by atoms with Gasteiger partial charge in [0.05, 0.1) is 12.2 Å². The van der Waals surface area contributed by atoms with Crippen molar-refractivity contribution in [2.24, 2.45) is 0 Å². The molecule has 0 radical (unpaired) electrons. The van der Waals surface area contributed by atoms with Crippen molar-refractivity contribution in [3.05, 3.63) is 72.1 Å². The van der Waals surface area contributed by atoms with E-state index in [1.165, 1.54) is 5.56 Å². The predicted molar refractivity (Wildman–Crippen MR) is 94.0 cm³/mol. The van der Waals surface area contributed by atoms with Crippen LogP contribution in [0.15, 0.2) is 55.0 Å². The van der Waals surface area contributed by atoms with Gasteiger partial charge in [0.25, 0.3) is 0 Å². The summed E-state index contributed by atoms with van der Waals surface area (Å²) in [6.45, 7) is 2.18. The minimum Gasteiger partial charge on any atom is -0.487 e. The van der Waals surface area contributed by atoms with E-state index in [4.69, 9.17) is 4.74 Å². The summed E-state index contributed by atoms with van der Waals surface area (Å²) in [4.78, 5) is 8.55. The topological polar surface area (TPSA) is 64.9 Å². The van der Waals surface area contributed by atoms with Gasteiger partial charge in [0.2, 0.25) is 0 Å². The lowest BCUT2D eigenvalue weighted by Gasteiger charge is -2.23. The molecule has 0 aliphatic carbocycles. The lowest BCUT2D eigenvalue weighted by molar-refractivity contribution is 0.300. The molecule has 25 heavy (non-hydrogen) atoms. The number of nitrogens with zero attached hydrogens (tertiary/aromatic N) is 4. The van der Waals surface area contributed by atoms with Gasteiger partial charge in [0.15, 0.2) is 0 Å². The number of ether oxygens (including phenoxy) is 1. The molecule has 0 spiro atoms. The van der Waals surface area contributed by atoms with E-state index in [0.29, 0.717) is 12.6 Å². The van der Waals surface area contributed by atoms with Gasteiger partial charge in [0, 0.05) is 25.2 Å². The van der Waals surface area contributed by atoms with Crippen molar-refractivity contribution in [2.75, 3.05) is 0 Å². The molecule has 0 fully saturated rings. The Balaban J connectivity index is 1.31. The fourth-order valence-electron chi connectivity index (χ4n) is 3.05.